The molecule has 1 fully saturated rings. The molecule has 138 valence electrons. The summed E-state index contributed by atoms with van der Waals surface area (Å²) in [5.41, 5.74) is 3.86. The summed E-state index contributed by atoms with van der Waals surface area (Å²) in [6.45, 7) is 5.52. The van der Waals surface area contributed by atoms with Crippen molar-refractivity contribution in [1.82, 2.24) is 10.3 Å². The Bertz CT molecular complexity index is 681. The molecule has 0 spiro atoms. The van der Waals surface area contributed by atoms with E-state index in [1.165, 1.54) is 11.3 Å². The average Bonchev–Trinajstić information content (AvgIpc) is 2.92. The number of carbonyl (C=O) groups is 2. The maximum absolute atomic E-state index is 13.2. The van der Waals surface area contributed by atoms with Gasteiger partial charge in [-0.2, -0.15) is 0 Å². The summed E-state index contributed by atoms with van der Waals surface area (Å²) in [5, 5.41) is 9.80. The fourth-order valence-corrected chi connectivity index (χ4v) is 5.31. The van der Waals surface area contributed by atoms with Crippen LogP contribution in [-0.2, 0) is 12.8 Å². The lowest BCUT2D eigenvalue weighted by Gasteiger charge is -2.35. The summed E-state index contributed by atoms with van der Waals surface area (Å²) in [6.07, 6.45) is 5.52. The topological polar surface area (TPSA) is 95.7 Å². The standard InChI is InChI=1S/C18H27N3O3S/c1-18(2)7-6-13-12(9-18)14(17(23)24)15(25-13)16(22)21-8-4-3-5-11(21)10-20-19/h11,20H,3-10,19H2,1-2H3,(H,23,24)/t11-/m0/s1. The minimum atomic E-state index is -0.982. The van der Waals surface area contributed by atoms with Gasteiger partial charge < -0.3 is 10.0 Å². The van der Waals surface area contributed by atoms with E-state index in [1.807, 2.05) is 4.90 Å². The average molecular weight is 365 g/mol. The number of nitrogens with zero attached hydrogens (tertiary/aromatic N) is 1. The first kappa shape index (κ1) is 18.4. The Kier molecular flexibility index (Phi) is 5.18. The Morgan fingerprint density at radius 2 is 2.16 bits per heavy atom. The number of thiophene rings is 1. The molecule has 4 N–H and O–H groups in total. The molecule has 2 heterocycles. The first-order chi connectivity index (χ1) is 11.8. The predicted molar refractivity (Wildman–Crippen MR) is 97.9 cm³/mol. The van der Waals surface area contributed by atoms with Crippen LogP contribution in [0.2, 0.25) is 0 Å². The maximum atomic E-state index is 13.2. The second-order valence-corrected chi connectivity index (χ2v) is 9.02. The number of carboxylic acid groups (broad SMARTS) is 1. The molecule has 7 heteroatoms. The molecule has 3 rings (SSSR count). The molecule has 1 aliphatic heterocycles. The molecule has 0 saturated carbocycles. The van der Waals surface area contributed by atoms with Crippen LogP contribution in [0.25, 0.3) is 0 Å². The number of aryl methyl sites for hydroxylation is 1. The number of nitrogens with two attached hydrogens (primary N) is 1. The fraction of sp³-hybridized carbons (Fsp3) is 0.667. The van der Waals surface area contributed by atoms with Crippen molar-refractivity contribution in [2.45, 2.75) is 58.4 Å². The first-order valence-corrected chi connectivity index (χ1v) is 9.78. The number of carbonyl (C=O) groups excluding carboxylic acids is 1. The third-order valence-corrected chi connectivity index (χ3v) is 6.70. The van der Waals surface area contributed by atoms with Crippen molar-refractivity contribution in [1.29, 1.82) is 0 Å². The van der Waals surface area contributed by atoms with Crippen LogP contribution < -0.4 is 11.3 Å². The predicted octanol–water partition coefficient (Wildman–Crippen LogP) is 2.42. The van der Waals surface area contributed by atoms with Gasteiger partial charge in [-0.3, -0.25) is 16.1 Å². The van der Waals surface area contributed by atoms with Crippen LogP contribution in [0.1, 0.15) is 70.0 Å². The summed E-state index contributed by atoms with van der Waals surface area (Å²) in [5.74, 6) is 4.34. The van der Waals surface area contributed by atoms with Crippen molar-refractivity contribution in [2.75, 3.05) is 13.1 Å². The molecule has 0 unspecified atom stereocenters. The van der Waals surface area contributed by atoms with E-state index in [9.17, 15) is 14.7 Å². The van der Waals surface area contributed by atoms with Gasteiger partial charge in [0.1, 0.15) is 4.88 Å². The molecule has 1 aromatic rings. The zero-order valence-electron chi connectivity index (χ0n) is 14.9. The summed E-state index contributed by atoms with van der Waals surface area (Å²) in [7, 11) is 0. The van der Waals surface area contributed by atoms with E-state index in [0.717, 1.165) is 49.0 Å². The van der Waals surface area contributed by atoms with E-state index in [1.54, 1.807) is 0 Å². The summed E-state index contributed by atoms with van der Waals surface area (Å²) in [6, 6.07) is 0.0310. The number of hydrogen-bond acceptors (Lipinski definition) is 5. The zero-order valence-corrected chi connectivity index (χ0v) is 15.7. The van der Waals surface area contributed by atoms with Gasteiger partial charge in [0.15, 0.2) is 0 Å². The van der Waals surface area contributed by atoms with Crippen molar-refractivity contribution in [2.24, 2.45) is 11.3 Å². The Balaban J connectivity index is 1.98. The molecule has 0 bridgehead atoms. The van der Waals surface area contributed by atoms with Crippen molar-refractivity contribution < 1.29 is 14.7 Å². The monoisotopic (exact) mass is 365 g/mol. The quantitative estimate of drug-likeness (QED) is 0.562. The SMILES string of the molecule is CC1(C)CCc2sc(C(=O)N3CCCC[C@H]3CNN)c(C(=O)O)c2C1. The third-order valence-electron chi connectivity index (χ3n) is 5.42. The van der Waals surface area contributed by atoms with Crippen molar-refractivity contribution in [3.05, 3.63) is 20.9 Å². The highest BCUT2D eigenvalue weighted by Gasteiger charge is 2.37. The Hall–Kier alpha value is -1.44. The number of likely N-dealkylation sites (tertiary alicyclic amines) is 1. The summed E-state index contributed by atoms with van der Waals surface area (Å²) < 4.78 is 0. The zero-order chi connectivity index (χ0) is 18.2. The minimum absolute atomic E-state index is 0.0310. The van der Waals surface area contributed by atoms with Gasteiger partial charge in [0.05, 0.1) is 5.56 Å². The molecule has 1 amide bonds. The molecule has 0 aromatic carbocycles. The van der Waals surface area contributed by atoms with Crippen molar-refractivity contribution >= 4 is 23.2 Å². The van der Waals surface area contributed by atoms with Gasteiger partial charge in [-0.15, -0.1) is 11.3 Å². The molecule has 2 aliphatic rings. The highest BCUT2D eigenvalue weighted by Crippen LogP contribution is 2.42. The van der Waals surface area contributed by atoms with Gasteiger partial charge in [0.25, 0.3) is 5.91 Å². The first-order valence-electron chi connectivity index (χ1n) is 8.96. The van der Waals surface area contributed by atoms with Crippen LogP contribution in [-0.4, -0.2) is 41.0 Å². The summed E-state index contributed by atoms with van der Waals surface area (Å²) in [4.78, 5) is 28.5. The molecule has 1 atom stereocenters. The number of fused-ring (bicyclic) bond motifs is 1. The van der Waals surface area contributed by atoms with E-state index in [2.05, 4.69) is 19.3 Å². The van der Waals surface area contributed by atoms with Crippen molar-refractivity contribution in [3.63, 3.8) is 0 Å². The molecule has 1 aliphatic carbocycles. The van der Waals surface area contributed by atoms with Gasteiger partial charge in [-0.1, -0.05) is 13.8 Å². The van der Waals surface area contributed by atoms with Crippen LogP contribution in [0.15, 0.2) is 0 Å². The van der Waals surface area contributed by atoms with Gasteiger partial charge in [0, 0.05) is 24.0 Å². The van der Waals surface area contributed by atoms with Gasteiger partial charge in [0.2, 0.25) is 0 Å². The van der Waals surface area contributed by atoms with E-state index in [4.69, 9.17) is 5.84 Å². The van der Waals surface area contributed by atoms with Gasteiger partial charge in [-0.05, 0) is 49.5 Å². The number of piperidine rings is 1. The number of aromatic carboxylic acids is 1. The number of hydrazine groups is 1. The lowest BCUT2D eigenvalue weighted by atomic mass is 9.76. The van der Waals surface area contributed by atoms with Crippen LogP contribution >= 0.6 is 11.3 Å². The fourth-order valence-electron chi connectivity index (χ4n) is 4.04. The second kappa shape index (κ2) is 7.05. The Morgan fingerprint density at radius 1 is 1.40 bits per heavy atom. The summed E-state index contributed by atoms with van der Waals surface area (Å²) >= 11 is 1.39. The number of rotatable bonds is 4. The molecule has 6 nitrogen and oxygen atoms in total. The largest absolute Gasteiger partial charge is 0.478 e. The van der Waals surface area contributed by atoms with Crippen LogP contribution in [0.3, 0.4) is 0 Å². The number of nitrogens with one attached hydrogen (secondary N) is 1. The number of carboxylic acids is 1. The van der Waals surface area contributed by atoms with Crippen LogP contribution in [0.5, 0.6) is 0 Å². The smallest absolute Gasteiger partial charge is 0.337 e. The molecule has 25 heavy (non-hydrogen) atoms. The van der Waals surface area contributed by atoms with Crippen molar-refractivity contribution in [3.8, 4) is 0 Å². The van der Waals surface area contributed by atoms with E-state index < -0.39 is 5.97 Å². The molecule has 1 saturated heterocycles. The Morgan fingerprint density at radius 3 is 2.84 bits per heavy atom. The Labute approximate surface area is 152 Å². The molecular weight excluding hydrogens is 338 g/mol. The minimum Gasteiger partial charge on any atom is -0.478 e. The second-order valence-electron chi connectivity index (χ2n) is 7.91. The highest BCUT2D eigenvalue weighted by atomic mass is 32.1. The van der Waals surface area contributed by atoms with E-state index in [0.29, 0.717) is 18.0 Å². The molecule has 1 aromatic heterocycles. The lowest BCUT2D eigenvalue weighted by molar-refractivity contribution is 0.0599. The van der Waals surface area contributed by atoms with Gasteiger partial charge >= 0.3 is 5.97 Å². The van der Waals surface area contributed by atoms with Crippen LogP contribution in [0, 0.1) is 5.41 Å². The normalized spacial score (nSPS) is 22.5. The maximum Gasteiger partial charge on any atom is 0.337 e. The molecular formula is C18H27N3O3S. The number of hydrogen-bond donors (Lipinski definition) is 3. The lowest BCUT2D eigenvalue weighted by Crippen LogP contribution is -2.49. The van der Waals surface area contributed by atoms with E-state index >= 15 is 0 Å². The van der Waals surface area contributed by atoms with Crippen LogP contribution in [0.4, 0.5) is 0 Å². The third kappa shape index (κ3) is 3.59. The molecule has 0 radical (unpaired) electrons. The van der Waals surface area contributed by atoms with Gasteiger partial charge in [-0.25, -0.2) is 4.79 Å². The number of amides is 1. The highest BCUT2D eigenvalue weighted by molar-refractivity contribution is 7.14. The van der Waals surface area contributed by atoms with E-state index in [-0.39, 0.29) is 22.9 Å².